The molecule has 2 fully saturated rings. The monoisotopic (exact) mass is 500 g/mol. The highest BCUT2D eigenvalue weighted by Gasteiger charge is 2.45. The summed E-state index contributed by atoms with van der Waals surface area (Å²) in [7, 11) is 0. The van der Waals surface area contributed by atoms with Gasteiger partial charge < -0.3 is 29.5 Å². The van der Waals surface area contributed by atoms with Crippen LogP contribution in [0.15, 0.2) is 0 Å². The molecule has 2 aliphatic rings. The van der Waals surface area contributed by atoms with E-state index < -0.39 is 30.7 Å². The normalized spacial score (nSPS) is 32.1. The van der Waals surface area contributed by atoms with E-state index in [1.54, 1.807) is 0 Å². The van der Waals surface area contributed by atoms with E-state index in [4.69, 9.17) is 14.2 Å². The van der Waals surface area contributed by atoms with E-state index in [-0.39, 0.29) is 18.7 Å². The Labute approximate surface area is 212 Å². The summed E-state index contributed by atoms with van der Waals surface area (Å²) >= 11 is 0. The summed E-state index contributed by atoms with van der Waals surface area (Å²) < 4.78 is 17.3. The average molecular weight is 501 g/mol. The fraction of sp³-hybridized carbons (Fsp3) is 0.964. The quantitative estimate of drug-likeness (QED) is 0.281. The van der Waals surface area contributed by atoms with Crippen LogP contribution in [0, 0.1) is 0 Å². The Hall–Kier alpha value is -0.730. The lowest BCUT2D eigenvalue weighted by atomic mass is 9.98. The maximum atomic E-state index is 12.1. The molecule has 2 rings (SSSR count). The van der Waals surface area contributed by atoms with Crippen molar-refractivity contribution >= 4 is 5.97 Å². The molecule has 6 atom stereocenters. The molecule has 0 radical (unpaired) electrons. The van der Waals surface area contributed by atoms with Gasteiger partial charge in [0.15, 0.2) is 6.29 Å². The number of carbonyl (C=O) groups is 1. The van der Waals surface area contributed by atoms with Crippen LogP contribution < -0.4 is 0 Å². The first-order valence-corrected chi connectivity index (χ1v) is 14.5. The fourth-order valence-corrected chi connectivity index (χ4v) is 5.09. The number of esters is 1. The lowest BCUT2D eigenvalue weighted by Gasteiger charge is -2.41. The van der Waals surface area contributed by atoms with Crippen LogP contribution >= 0.6 is 0 Å². The molecule has 2 bridgehead atoms. The number of rotatable bonds is 10. The predicted molar refractivity (Wildman–Crippen MR) is 136 cm³/mol. The van der Waals surface area contributed by atoms with Gasteiger partial charge in [0.25, 0.3) is 0 Å². The molecule has 7 heteroatoms. The van der Waals surface area contributed by atoms with Gasteiger partial charge in [-0.15, -0.1) is 0 Å². The van der Waals surface area contributed by atoms with Crippen molar-refractivity contribution in [2.24, 2.45) is 0 Å². The van der Waals surface area contributed by atoms with Gasteiger partial charge in [-0.05, 0) is 19.3 Å². The molecule has 0 aromatic rings. The van der Waals surface area contributed by atoms with Gasteiger partial charge in [0.2, 0.25) is 0 Å². The highest BCUT2D eigenvalue weighted by molar-refractivity contribution is 5.69. The van der Waals surface area contributed by atoms with Gasteiger partial charge in [0.05, 0.1) is 6.10 Å². The van der Waals surface area contributed by atoms with Crippen molar-refractivity contribution in [2.45, 2.75) is 166 Å². The zero-order valence-corrected chi connectivity index (χ0v) is 22.1. The Morgan fingerprint density at radius 1 is 0.714 bits per heavy atom. The van der Waals surface area contributed by atoms with Crippen LogP contribution in [-0.4, -0.2) is 64.7 Å². The molecule has 0 spiro atoms. The van der Waals surface area contributed by atoms with E-state index >= 15 is 0 Å². The van der Waals surface area contributed by atoms with Crippen LogP contribution in [0.25, 0.3) is 0 Å². The number of cyclic esters (lactones) is 1. The van der Waals surface area contributed by atoms with Crippen LogP contribution in [0.5, 0.6) is 0 Å². The summed E-state index contributed by atoms with van der Waals surface area (Å²) in [6.45, 7) is 2.08. The highest BCUT2D eigenvalue weighted by Crippen LogP contribution is 2.27. The number of aliphatic hydroxyl groups is 3. The number of aliphatic hydroxyl groups excluding tert-OH is 3. The average Bonchev–Trinajstić information content (AvgIpc) is 2.85. The molecule has 2 heterocycles. The van der Waals surface area contributed by atoms with Crippen molar-refractivity contribution in [3.8, 4) is 0 Å². The Morgan fingerprint density at radius 3 is 2.00 bits per heavy atom. The van der Waals surface area contributed by atoms with E-state index in [2.05, 4.69) is 6.92 Å². The van der Waals surface area contributed by atoms with Crippen molar-refractivity contribution < 1.29 is 34.3 Å². The van der Waals surface area contributed by atoms with Gasteiger partial charge in [-0.25, -0.2) is 0 Å². The summed E-state index contributed by atoms with van der Waals surface area (Å²) in [6.07, 6.45) is 14.8. The second-order valence-electron chi connectivity index (χ2n) is 10.6. The first-order chi connectivity index (χ1) is 17.0. The lowest BCUT2D eigenvalue weighted by Crippen LogP contribution is -2.60. The van der Waals surface area contributed by atoms with Crippen molar-refractivity contribution in [1.29, 1.82) is 0 Å². The third-order valence-corrected chi connectivity index (χ3v) is 7.44. The molecule has 0 aliphatic carbocycles. The highest BCUT2D eigenvalue weighted by atomic mass is 16.7. The second-order valence-corrected chi connectivity index (χ2v) is 10.6. The third kappa shape index (κ3) is 12.4. The smallest absolute Gasteiger partial charge is 0.305 e. The standard InChI is InChI=1S/C28H52O7/c1-2-3-4-5-6-7-9-12-15-18-22-19-16-13-10-8-11-14-17-20-24(29)33-21-23-25(30)26(31)27(32)28(34-22)35-23/h22-23,25-28,30-32H,2-21H2,1H3. The van der Waals surface area contributed by atoms with E-state index in [1.165, 1.54) is 64.2 Å². The van der Waals surface area contributed by atoms with Crippen LogP contribution in [0.2, 0.25) is 0 Å². The largest absolute Gasteiger partial charge is 0.463 e. The molecule has 7 nitrogen and oxygen atoms in total. The second kappa shape index (κ2) is 18.5. The van der Waals surface area contributed by atoms with Crippen LogP contribution in [-0.2, 0) is 19.0 Å². The number of fused-ring (bicyclic) bond motifs is 2. The molecule has 0 amide bonds. The molecule has 0 aromatic carbocycles. The first kappa shape index (κ1) is 30.5. The molecular weight excluding hydrogens is 448 g/mol. The Morgan fingerprint density at radius 2 is 1.31 bits per heavy atom. The fourth-order valence-electron chi connectivity index (χ4n) is 5.09. The Kier molecular flexibility index (Phi) is 16.1. The van der Waals surface area contributed by atoms with Crippen molar-refractivity contribution in [3.05, 3.63) is 0 Å². The zero-order valence-electron chi connectivity index (χ0n) is 22.1. The maximum Gasteiger partial charge on any atom is 0.305 e. The molecule has 6 unspecified atom stereocenters. The molecule has 0 saturated carbocycles. The number of ether oxygens (including phenoxy) is 3. The van der Waals surface area contributed by atoms with Gasteiger partial charge in [0.1, 0.15) is 31.0 Å². The first-order valence-electron chi connectivity index (χ1n) is 14.5. The number of unbranched alkanes of at least 4 members (excludes halogenated alkanes) is 8. The van der Waals surface area contributed by atoms with Crippen molar-refractivity contribution in [1.82, 2.24) is 0 Å². The number of hydrogen-bond acceptors (Lipinski definition) is 7. The van der Waals surface area contributed by atoms with Crippen molar-refractivity contribution in [3.63, 3.8) is 0 Å². The molecule has 35 heavy (non-hydrogen) atoms. The minimum absolute atomic E-state index is 0.0690. The molecule has 206 valence electrons. The molecular formula is C28H52O7. The van der Waals surface area contributed by atoms with E-state index in [0.717, 1.165) is 51.4 Å². The molecule has 2 aliphatic heterocycles. The zero-order chi connectivity index (χ0) is 25.3. The summed E-state index contributed by atoms with van der Waals surface area (Å²) in [5.41, 5.74) is 0. The SMILES string of the molecule is CCCCCCCCCCCC1CCCCCCCCCC(=O)OCC2OC(O1)C(O)C(O)C2O. The summed E-state index contributed by atoms with van der Waals surface area (Å²) in [6, 6.07) is 0. The van der Waals surface area contributed by atoms with Gasteiger partial charge >= 0.3 is 5.97 Å². The van der Waals surface area contributed by atoms with Crippen molar-refractivity contribution in [2.75, 3.05) is 6.61 Å². The van der Waals surface area contributed by atoms with E-state index in [9.17, 15) is 20.1 Å². The molecule has 0 aromatic heterocycles. The predicted octanol–water partition coefficient (Wildman–Crippen LogP) is 5.17. The third-order valence-electron chi connectivity index (χ3n) is 7.44. The summed E-state index contributed by atoms with van der Waals surface area (Å²) in [4.78, 5) is 12.1. The molecule has 3 N–H and O–H groups in total. The Balaban J connectivity index is 1.88. The van der Waals surface area contributed by atoms with E-state index in [0.29, 0.717) is 6.42 Å². The lowest BCUT2D eigenvalue weighted by molar-refractivity contribution is -0.312. The maximum absolute atomic E-state index is 12.1. The van der Waals surface area contributed by atoms with Gasteiger partial charge in [-0.2, -0.15) is 0 Å². The van der Waals surface area contributed by atoms with Gasteiger partial charge in [0, 0.05) is 6.42 Å². The van der Waals surface area contributed by atoms with Crippen LogP contribution in [0.1, 0.15) is 129 Å². The van der Waals surface area contributed by atoms with Gasteiger partial charge in [-0.3, -0.25) is 4.79 Å². The van der Waals surface area contributed by atoms with Crippen LogP contribution in [0.4, 0.5) is 0 Å². The molecule has 2 saturated heterocycles. The topological polar surface area (TPSA) is 105 Å². The summed E-state index contributed by atoms with van der Waals surface area (Å²) in [5, 5.41) is 31.2. The Bertz CT molecular complexity index is 543. The van der Waals surface area contributed by atoms with Crippen LogP contribution in [0.3, 0.4) is 0 Å². The number of carbonyl (C=O) groups excluding carboxylic acids is 1. The van der Waals surface area contributed by atoms with Gasteiger partial charge in [-0.1, -0.05) is 103 Å². The minimum atomic E-state index is -1.41. The minimum Gasteiger partial charge on any atom is -0.463 e. The summed E-state index contributed by atoms with van der Waals surface area (Å²) in [5.74, 6) is -0.327. The van der Waals surface area contributed by atoms with E-state index in [1.807, 2.05) is 0 Å². The number of hydrogen-bond donors (Lipinski definition) is 3.